The lowest BCUT2D eigenvalue weighted by Crippen LogP contribution is -2.37. The molecular formula is C8H10N4O. The Morgan fingerprint density at radius 1 is 1.77 bits per heavy atom. The first-order valence-electron chi connectivity index (χ1n) is 4.05. The number of nitrogens with one attached hydrogen (secondary N) is 1. The fourth-order valence-corrected chi connectivity index (χ4v) is 1.28. The molecule has 5 nitrogen and oxygen atoms in total. The molecule has 68 valence electrons. The van der Waals surface area contributed by atoms with Gasteiger partial charge in [0.15, 0.2) is 5.49 Å². The molecular weight excluding hydrogens is 168 g/mol. The summed E-state index contributed by atoms with van der Waals surface area (Å²) in [5.41, 5.74) is 0.722. The molecule has 0 bridgehead atoms. The van der Waals surface area contributed by atoms with E-state index in [4.69, 9.17) is 0 Å². The Balaban J connectivity index is 2.28. The maximum atomic E-state index is 10.8. The van der Waals surface area contributed by atoms with Gasteiger partial charge in [-0.3, -0.25) is 4.79 Å². The van der Waals surface area contributed by atoms with Crippen molar-refractivity contribution in [3.8, 4) is 0 Å². The third-order valence-corrected chi connectivity index (χ3v) is 1.79. The minimum atomic E-state index is 0.134. The first kappa shape index (κ1) is 7.97. The van der Waals surface area contributed by atoms with Crippen LogP contribution in [0.3, 0.4) is 0 Å². The van der Waals surface area contributed by atoms with Gasteiger partial charge in [0.05, 0.1) is 12.9 Å². The van der Waals surface area contributed by atoms with Gasteiger partial charge in [-0.2, -0.15) is 0 Å². The van der Waals surface area contributed by atoms with Gasteiger partial charge in [0.2, 0.25) is 0 Å². The van der Waals surface area contributed by atoms with E-state index in [1.807, 2.05) is 11.1 Å². The third kappa shape index (κ3) is 1.58. The van der Waals surface area contributed by atoms with Crippen LogP contribution < -0.4 is 10.8 Å². The lowest BCUT2D eigenvalue weighted by atomic mass is 10.4. The van der Waals surface area contributed by atoms with Crippen molar-refractivity contribution in [1.82, 2.24) is 14.9 Å². The molecule has 5 heteroatoms. The average molecular weight is 178 g/mol. The maximum absolute atomic E-state index is 10.8. The number of Topliss-reactive ketones (excluding diaryl/α,β-unsaturated/α-hetero) is 1. The summed E-state index contributed by atoms with van der Waals surface area (Å²) in [4.78, 5) is 23.8. The van der Waals surface area contributed by atoms with Crippen molar-refractivity contribution in [3.05, 3.63) is 17.2 Å². The molecule has 1 aliphatic rings. The predicted octanol–water partition coefficient (Wildman–Crippen LogP) is -1.37. The Labute approximate surface area is 74.8 Å². The van der Waals surface area contributed by atoms with Gasteiger partial charge in [0, 0.05) is 6.20 Å². The molecule has 0 radical (unpaired) electrons. The average Bonchev–Trinajstić information content (AvgIpc) is 2.49. The fourth-order valence-electron chi connectivity index (χ4n) is 1.28. The Hall–Kier alpha value is -1.65. The number of ketones is 1. The van der Waals surface area contributed by atoms with E-state index in [9.17, 15) is 4.79 Å². The van der Waals surface area contributed by atoms with Crippen LogP contribution in [0.25, 0.3) is 6.20 Å². The van der Waals surface area contributed by atoms with E-state index in [1.165, 1.54) is 0 Å². The topological polar surface area (TPSA) is 61.4 Å². The van der Waals surface area contributed by atoms with E-state index >= 15 is 0 Å². The lowest BCUT2D eigenvalue weighted by Gasteiger charge is -2.16. The van der Waals surface area contributed by atoms with E-state index in [1.54, 1.807) is 13.3 Å². The summed E-state index contributed by atoms with van der Waals surface area (Å²) in [7, 11) is 0. The number of carbonyl (C=O) groups is 1. The molecule has 0 saturated heterocycles. The highest BCUT2D eigenvalue weighted by atomic mass is 16.1. The first-order chi connectivity index (χ1) is 6.25. The number of rotatable bonds is 2. The number of fused-ring (bicyclic) bond motifs is 1. The molecule has 0 spiro atoms. The summed E-state index contributed by atoms with van der Waals surface area (Å²) >= 11 is 0. The zero-order valence-corrected chi connectivity index (χ0v) is 7.32. The smallest absolute Gasteiger partial charge is 0.176 e. The monoisotopic (exact) mass is 178 g/mol. The van der Waals surface area contributed by atoms with Crippen molar-refractivity contribution in [1.29, 1.82) is 0 Å². The minimum Gasteiger partial charge on any atom is -0.349 e. The van der Waals surface area contributed by atoms with E-state index in [2.05, 4.69) is 15.0 Å². The molecule has 0 fully saturated rings. The van der Waals surface area contributed by atoms with Gasteiger partial charge in [0.25, 0.3) is 0 Å². The van der Waals surface area contributed by atoms with E-state index < -0.39 is 0 Å². The van der Waals surface area contributed by atoms with Gasteiger partial charge in [-0.05, 0) is 6.92 Å². The van der Waals surface area contributed by atoms with Crippen molar-refractivity contribution >= 4 is 12.0 Å². The van der Waals surface area contributed by atoms with Crippen LogP contribution in [0.15, 0.2) is 11.3 Å². The number of aromatic amines is 1. The maximum Gasteiger partial charge on any atom is 0.176 e. The number of carbonyl (C=O) groups excluding carboxylic acids is 1. The van der Waals surface area contributed by atoms with Gasteiger partial charge in [-0.15, -0.1) is 0 Å². The minimum absolute atomic E-state index is 0.134. The first-order valence-corrected chi connectivity index (χ1v) is 4.05. The summed E-state index contributed by atoms with van der Waals surface area (Å²) in [5.74, 6) is 0.134. The number of aromatic nitrogens is 2. The quantitative estimate of drug-likeness (QED) is 0.607. The molecule has 0 amide bonds. The van der Waals surface area contributed by atoms with Gasteiger partial charge < -0.3 is 9.88 Å². The molecule has 1 aromatic heterocycles. The van der Waals surface area contributed by atoms with Crippen LogP contribution >= 0.6 is 0 Å². The summed E-state index contributed by atoms with van der Waals surface area (Å²) in [5, 5.41) is 0.868. The summed E-state index contributed by atoms with van der Waals surface area (Å²) in [6.07, 6.45) is 3.47. The zero-order valence-electron chi connectivity index (χ0n) is 7.32. The number of hydrogen-bond acceptors (Lipinski definition) is 4. The standard InChI is InChI=1S/C8H10N4O/c1-6(13)2-12-3-7-8(11-5-12)10-4-9-7/h3-4H,2,5H2,1H3,(H,9,10,11). The zero-order chi connectivity index (χ0) is 9.26. The van der Waals surface area contributed by atoms with Crippen LogP contribution in [0.4, 0.5) is 0 Å². The summed E-state index contributed by atoms with van der Waals surface area (Å²) in [6.45, 7) is 2.48. The predicted molar refractivity (Wildman–Crippen MR) is 46.1 cm³/mol. The van der Waals surface area contributed by atoms with Crippen LogP contribution in [0.1, 0.15) is 6.92 Å². The van der Waals surface area contributed by atoms with E-state index in [0.29, 0.717) is 13.2 Å². The van der Waals surface area contributed by atoms with E-state index in [-0.39, 0.29) is 5.78 Å². The SMILES string of the molecule is CC(=O)CN1C=c2[nH]cnc2=NC1. The molecule has 1 aromatic rings. The molecule has 0 atom stereocenters. The van der Waals surface area contributed by atoms with Crippen LogP contribution in [0.5, 0.6) is 0 Å². The molecule has 0 aromatic carbocycles. The molecule has 13 heavy (non-hydrogen) atoms. The van der Waals surface area contributed by atoms with Gasteiger partial charge in [0.1, 0.15) is 17.8 Å². The van der Waals surface area contributed by atoms with Crippen LogP contribution in [0, 0.1) is 0 Å². The molecule has 2 heterocycles. The molecule has 2 rings (SSSR count). The number of H-pyrrole nitrogens is 1. The van der Waals surface area contributed by atoms with Crippen molar-refractivity contribution in [2.24, 2.45) is 4.99 Å². The third-order valence-electron chi connectivity index (χ3n) is 1.79. The normalized spacial score (nSPS) is 14.4. The van der Waals surface area contributed by atoms with Crippen LogP contribution in [0.2, 0.25) is 0 Å². The highest BCUT2D eigenvalue weighted by Gasteiger charge is 2.06. The number of nitrogens with zero attached hydrogens (tertiary/aromatic N) is 3. The summed E-state index contributed by atoms with van der Waals surface area (Å²) in [6, 6.07) is 0. The van der Waals surface area contributed by atoms with Gasteiger partial charge in [-0.1, -0.05) is 0 Å². The number of hydrogen-bond donors (Lipinski definition) is 1. The van der Waals surface area contributed by atoms with Gasteiger partial charge in [-0.25, -0.2) is 9.98 Å². The highest BCUT2D eigenvalue weighted by molar-refractivity contribution is 5.78. The van der Waals surface area contributed by atoms with Crippen molar-refractivity contribution in [2.75, 3.05) is 13.2 Å². The molecule has 0 aliphatic carbocycles. The van der Waals surface area contributed by atoms with Crippen molar-refractivity contribution in [2.45, 2.75) is 6.92 Å². The Kier molecular flexibility index (Phi) is 1.84. The number of imidazole rings is 1. The second kappa shape index (κ2) is 3.01. The van der Waals surface area contributed by atoms with Crippen molar-refractivity contribution in [3.63, 3.8) is 0 Å². The largest absolute Gasteiger partial charge is 0.349 e. The Bertz CT molecular complexity index is 433. The van der Waals surface area contributed by atoms with Crippen LogP contribution in [-0.2, 0) is 4.79 Å². The highest BCUT2D eigenvalue weighted by Crippen LogP contribution is 1.91. The molecule has 0 saturated carbocycles. The molecule has 1 N–H and O–H groups in total. The molecule has 1 aliphatic heterocycles. The van der Waals surface area contributed by atoms with Gasteiger partial charge >= 0.3 is 0 Å². The second-order valence-corrected chi connectivity index (χ2v) is 3.02. The molecule has 0 unspecified atom stereocenters. The Morgan fingerprint density at radius 2 is 2.62 bits per heavy atom. The lowest BCUT2D eigenvalue weighted by molar-refractivity contribution is -0.117. The Morgan fingerprint density at radius 3 is 3.38 bits per heavy atom. The van der Waals surface area contributed by atoms with Crippen LogP contribution in [-0.4, -0.2) is 33.9 Å². The second-order valence-electron chi connectivity index (χ2n) is 3.02. The fraction of sp³-hybridized carbons (Fsp3) is 0.375. The van der Waals surface area contributed by atoms with E-state index in [0.717, 1.165) is 10.8 Å². The van der Waals surface area contributed by atoms with Crippen molar-refractivity contribution < 1.29 is 4.79 Å². The summed E-state index contributed by atoms with van der Waals surface area (Å²) < 4.78 is 0.